The summed E-state index contributed by atoms with van der Waals surface area (Å²) in [4.78, 5) is 0.874. The highest BCUT2D eigenvalue weighted by molar-refractivity contribution is 7.93. The van der Waals surface area contributed by atoms with Gasteiger partial charge in [-0.25, -0.2) is 4.21 Å². The summed E-state index contributed by atoms with van der Waals surface area (Å²) in [5.41, 5.74) is 2.06. The van der Waals surface area contributed by atoms with Crippen LogP contribution in [0.5, 0.6) is 0 Å². The van der Waals surface area contributed by atoms with Gasteiger partial charge in [-0.3, -0.25) is 0 Å². The molecule has 0 fully saturated rings. The Bertz CT molecular complexity index is 551. The van der Waals surface area contributed by atoms with Crippen LogP contribution in [-0.4, -0.2) is 10.5 Å². The minimum absolute atomic E-state index is 0.874. The van der Waals surface area contributed by atoms with Crippen molar-refractivity contribution in [3.63, 3.8) is 0 Å². The molecule has 1 aliphatic heterocycles. The fourth-order valence-corrected chi connectivity index (χ4v) is 3.68. The van der Waals surface area contributed by atoms with Gasteiger partial charge in [0.05, 0.1) is 20.3 Å². The van der Waals surface area contributed by atoms with E-state index < -0.39 is 9.73 Å². The normalized spacial score (nSPS) is 22.6. The molecule has 92 valence electrons. The third-order valence-electron chi connectivity index (χ3n) is 2.98. The third-order valence-corrected chi connectivity index (χ3v) is 4.75. The van der Waals surface area contributed by atoms with Gasteiger partial charge >= 0.3 is 0 Å². The second kappa shape index (κ2) is 5.05. The molecule has 17 heavy (non-hydrogen) atoms. The number of hydrogen-bond donors (Lipinski definition) is 0. The zero-order valence-corrected chi connectivity index (χ0v) is 11.3. The molecule has 1 aromatic carbocycles. The van der Waals surface area contributed by atoms with Gasteiger partial charge < -0.3 is 0 Å². The summed E-state index contributed by atoms with van der Waals surface area (Å²) < 4.78 is 16.9. The molecule has 1 heterocycles. The Balaban J connectivity index is 2.31. The van der Waals surface area contributed by atoms with Gasteiger partial charge in [0.25, 0.3) is 0 Å². The molecule has 1 aromatic rings. The molecule has 2 rings (SSSR count). The number of allylic oxidation sites excluding steroid dienone is 1. The van der Waals surface area contributed by atoms with E-state index in [0.717, 1.165) is 29.0 Å². The van der Waals surface area contributed by atoms with Crippen molar-refractivity contribution in [3.05, 3.63) is 35.5 Å². The fraction of sp³-hybridized carbons (Fsp3) is 0.429. The topological polar surface area (TPSA) is 29.4 Å². The number of rotatable bonds is 4. The lowest BCUT2D eigenvalue weighted by atomic mass is 10.1. The van der Waals surface area contributed by atoms with Crippen molar-refractivity contribution in [2.45, 2.75) is 37.5 Å². The largest absolute Gasteiger partial charge is 0.245 e. The first kappa shape index (κ1) is 12.4. The van der Waals surface area contributed by atoms with Crippen LogP contribution < -0.4 is 0 Å². The summed E-state index contributed by atoms with van der Waals surface area (Å²) in [6, 6.07) is 7.85. The molecule has 0 aromatic heterocycles. The lowest BCUT2D eigenvalue weighted by Crippen LogP contribution is -2.05. The molecule has 0 saturated heterocycles. The van der Waals surface area contributed by atoms with E-state index in [-0.39, 0.29) is 0 Å². The molecule has 0 radical (unpaired) electrons. The van der Waals surface area contributed by atoms with E-state index in [2.05, 4.69) is 17.4 Å². The number of unbranched alkanes of at least 4 members (excludes halogenated alkanes) is 2. The van der Waals surface area contributed by atoms with Crippen molar-refractivity contribution >= 4 is 15.8 Å². The highest BCUT2D eigenvalue weighted by Crippen LogP contribution is 2.28. The molecule has 0 N–H and O–H groups in total. The van der Waals surface area contributed by atoms with Crippen LogP contribution in [0, 0.1) is 0 Å². The predicted octanol–water partition coefficient (Wildman–Crippen LogP) is 4.08. The molecule has 0 aliphatic carbocycles. The van der Waals surface area contributed by atoms with Crippen LogP contribution in [0.15, 0.2) is 39.2 Å². The fourth-order valence-electron chi connectivity index (χ4n) is 2.10. The number of hydrogen-bond acceptors (Lipinski definition) is 2. The van der Waals surface area contributed by atoms with Gasteiger partial charge in [-0.15, -0.1) is 0 Å². The van der Waals surface area contributed by atoms with Crippen LogP contribution in [-0.2, 0) is 9.73 Å². The van der Waals surface area contributed by atoms with Crippen molar-refractivity contribution in [3.8, 4) is 0 Å². The molecule has 1 aliphatic rings. The maximum atomic E-state index is 12.5. The third kappa shape index (κ3) is 2.78. The van der Waals surface area contributed by atoms with Crippen molar-refractivity contribution in [2.75, 3.05) is 6.26 Å². The predicted molar refractivity (Wildman–Crippen MR) is 73.3 cm³/mol. The molecule has 1 atom stereocenters. The highest BCUT2D eigenvalue weighted by Gasteiger charge is 2.15. The summed E-state index contributed by atoms with van der Waals surface area (Å²) in [7, 11) is -2.22. The van der Waals surface area contributed by atoms with Crippen LogP contribution in [0.2, 0.25) is 0 Å². The first-order valence-corrected chi connectivity index (χ1v) is 8.07. The molecule has 2 nitrogen and oxygen atoms in total. The number of nitrogens with zero attached hydrogens (tertiary/aromatic N) is 1. The monoisotopic (exact) mass is 249 g/mol. The molecule has 0 spiro atoms. The minimum Gasteiger partial charge on any atom is -0.245 e. The van der Waals surface area contributed by atoms with Crippen molar-refractivity contribution in [1.29, 1.82) is 0 Å². The van der Waals surface area contributed by atoms with E-state index in [1.54, 1.807) is 6.26 Å². The molecule has 3 heteroatoms. The highest BCUT2D eigenvalue weighted by atomic mass is 32.2. The van der Waals surface area contributed by atoms with E-state index in [1.807, 2.05) is 24.3 Å². The maximum Gasteiger partial charge on any atom is 0.0774 e. The molecular weight excluding hydrogens is 230 g/mol. The summed E-state index contributed by atoms with van der Waals surface area (Å²) in [5.74, 6) is 0. The molecule has 0 saturated carbocycles. The van der Waals surface area contributed by atoms with Gasteiger partial charge in [0.15, 0.2) is 0 Å². The Morgan fingerprint density at radius 2 is 2.00 bits per heavy atom. The smallest absolute Gasteiger partial charge is 0.0774 e. The van der Waals surface area contributed by atoms with Crippen LogP contribution in [0.25, 0.3) is 6.08 Å². The first-order valence-electron chi connectivity index (χ1n) is 6.15. The molecule has 0 bridgehead atoms. The molecular formula is C14H19NOS. The van der Waals surface area contributed by atoms with Crippen LogP contribution in [0.3, 0.4) is 0 Å². The van der Waals surface area contributed by atoms with Crippen molar-refractivity contribution in [2.24, 2.45) is 4.36 Å². The van der Waals surface area contributed by atoms with Crippen LogP contribution >= 0.6 is 0 Å². The number of fused-ring (bicyclic) bond motifs is 1. The summed E-state index contributed by atoms with van der Waals surface area (Å²) in [6.45, 7) is 2.19. The Labute approximate surface area is 104 Å². The zero-order valence-electron chi connectivity index (χ0n) is 10.5. The summed E-state index contributed by atoms with van der Waals surface area (Å²) >= 11 is 0. The van der Waals surface area contributed by atoms with E-state index >= 15 is 0 Å². The second-order valence-electron chi connectivity index (χ2n) is 4.52. The van der Waals surface area contributed by atoms with Crippen LogP contribution in [0.4, 0.5) is 0 Å². The van der Waals surface area contributed by atoms with E-state index in [4.69, 9.17) is 0 Å². The Kier molecular flexibility index (Phi) is 3.67. The average Bonchev–Trinajstić information content (AvgIpc) is 2.29. The Hall–Kier alpha value is -1.09. The quantitative estimate of drug-likeness (QED) is 0.739. The molecule has 1 unspecified atom stereocenters. The second-order valence-corrected chi connectivity index (χ2v) is 6.75. The summed E-state index contributed by atoms with van der Waals surface area (Å²) in [5, 5.41) is 0. The van der Waals surface area contributed by atoms with Gasteiger partial charge in [0.2, 0.25) is 0 Å². The van der Waals surface area contributed by atoms with Crippen molar-refractivity contribution < 1.29 is 4.21 Å². The minimum atomic E-state index is -2.22. The standard InChI is InChI=1S/C14H19NOS/c1-3-4-5-9-13-11-12-8-6-7-10-14(12)17(2,16)15-13/h6-8,10-11H,3-5,9H2,1-2H3. The first-order chi connectivity index (χ1) is 8.13. The zero-order chi connectivity index (χ0) is 12.3. The number of benzene rings is 1. The van der Waals surface area contributed by atoms with Crippen molar-refractivity contribution in [1.82, 2.24) is 0 Å². The SMILES string of the molecule is CCCCCC1=Cc2ccccc2S(C)(=O)=N1. The van der Waals surface area contributed by atoms with E-state index in [0.29, 0.717) is 0 Å². The van der Waals surface area contributed by atoms with E-state index in [1.165, 1.54) is 12.8 Å². The van der Waals surface area contributed by atoms with Gasteiger partial charge in [0.1, 0.15) is 0 Å². The van der Waals surface area contributed by atoms with Gasteiger partial charge in [-0.2, -0.15) is 4.36 Å². The average molecular weight is 249 g/mol. The maximum absolute atomic E-state index is 12.5. The van der Waals surface area contributed by atoms with Gasteiger partial charge in [-0.05, 0) is 30.5 Å². The van der Waals surface area contributed by atoms with Crippen LogP contribution in [0.1, 0.15) is 38.2 Å². The lowest BCUT2D eigenvalue weighted by Gasteiger charge is -2.15. The lowest BCUT2D eigenvalue weighted by molar-refractivity contribution is 0.676. The Morgan fingerprint density at radius 1 is 1.24 bits per heavy atom. The Morgan fingerprint density at radius 3 is 2.76 bits per heavy atom. The van der Waals surface area contributed by atoms with E-state index in [9.17, 15) is 4.21 Å². The molecule has 0 amide bonds. The van der Waals surface area contributed by atoms with Gasteiger partial charge in [-0.1, -0.05) is 38.0 Å². The summed E-state index contributed by atoms with van der Waals surface area (Å²) in [6.07, 6.45) is 8.29. The van der Waals surface area contributed by atoms with Gasteiger partial charge in [0, 0.05) is 6.26 Å².